The standard InChI is InChI=1S/C19H27N7O2/c27-19(21-13-2-3-13)24-16-10-20-25-17(16)18-22-14-4-1-12(9-15(14)23-18)11-26-5-7-28-8-6-26/h1,4,9,13,16-17,20,25H,2-3,5-8,10-11H2,(H,22,23)(H2,21,24,27). The van der Waals surface area contributed by atoms with Crippen LogP contribution < -0.4 is 21.5 Å². The van der Waals surface area contributed by atoms with Crippen molar-refractivity contribution in [2.24, 2.45) is 0 Å². The van der Waals surface area contributed by atoms with E-state index in [1.165, 1.54) is 5.56 Å². The van der Waals surface area contributed by atoms with Crippen LogP contribution in [0.2, 0.25) is 0 Å². The van der Waals surface area contributed by atoms with Crippen molar-refractivity contribution in [2.75, 3.05) is 32.8 Å². The van der Waals surface area contributed by atoms with Crippen LogP contribution in [0.3, 0.4) is 0 Å². The van der Waals surface area contributed by atoms with E-state index in [9.17, 15) is 4.79 Å². The van der Waals surface area contributed by atoms with Gasteiger partial charge in [-0.25, -0.2) is 15.2 Å². The number of hydrazine groups is 1. The SMILES string of the molecule is O=C(NC1CC1)NC1CNNC1c1nc2ccc(CN3CCOCC3)cc2[nH]1. The van der Waals surface area contributed by atoms with Crippen LogP contribution in [0, 0.1) is 0 Å². The predicted octanol–water partition coefficient (Wildman–Crippen LogP) is 0.374. The Morgan fingerprint density at radius 2 is 2.11 bits per heavy atom. The molecule has 0 bridgehead atoms. The molecule has 3 heterocycles. The first-order valence-corrected chi connectivity index (χ1v) is 10.1. The Kier molecular flexibility index (Phi) is 4.89. The Balaban J connectivity index is 1.28. The normalized spacial score (nSPS) is 25.9. The van der Waals surface area contributed by atoms with E-state index < -0.39 is 0 Å². The molecule has 5 N–H and O–H groups in total. The fraction of sp³-hybridized carbons (Fsp3) is 0.579. The molecular formula is C19H27N7O2. The number of hydrogen-bond acceptors (Lipinski definition) is 6. The van der Waals surface area contributed by atoms with Gasteiger partial charge in [0.05, 0.1) is 30.3 Å². The Morgan fingerprint density at radius 1 is 1.25 bits per heavy atom. The number of amides is 2. The first-order valence-electron chi connectivity index (χ1n) is 10.1. The molecule has 1 aromatic carbocycles. The second-order valence-electron chi connectivity index (χ2n) is 7.86. The zero-order valence-electron chi connectivity index (χ0n) is 15.8. The molecule has 9 nitrogen and oxygen atoms in total. The Labute approximate surface area is 163 Å². The lowest BCUT2D eigenvalue weighted by Crippen LogP contribution is -2.46. The summed E-state index contributed by atoms with van der Waals surface area (Å²) in [6, 6.07) is 6.46. The smallest absolute Gasteiger partial charge is 0.315 e. The molecule has 3 fully saturated rings. The highest BCUT2D eigenvalue weighted by Gasteiger charge is 2.33. The second kappa shape index (κ2) is 7.67. The van der Waals surface area contributed by atoms with Crippen molar-refractivity contribution in [1.29, 1.82) is 0 Å². The van der Waals surface area contributed by atoms with E-state index in [0.717, 1.165) is 62.5 Å². The maximum atomic E-state index is 12.1. The molecule has 2 amide bonds. The molecule has 5 rings (SSSR count). The van der Waals surface area contributed by atoms with Crippen molar-refractivity contribution in [1.82, 2.24) is 36.4 Å². The first kappa shape index (κ1) is 17.9. The molecule has 3 aliphatic rings. The summed E-state index contributed by atoms with van der Waals surface area (Å²) in [5.74, 6) is 0.834. The van der Waals surface area contributed by atoms with Crippen LogP contribution in [0.15, 0.2) is 18.2 Å². The van der Waals surface area contributed by atoms with Gasteiger partial charge in [0.2, 0.25) is 0 Å². The molecule has 0 radical (unpaired) electrons. The number of H-pyrrole nitrogens is 1. The monoisotopic (exact) mass is 385 g/mol. The maximum absolute atomic E-state index is 12.1. The number of urea groups is 1. The lowest BCUT2D eigenvalue weighted by molar-refractivity contribution is 0.0342. The fourth-order valence-electron chi connectivity index (χ4n) is 3.85. The minimum absolute atomic E-state index is 0.0628. The number of rotatable bonds is 5. The van der Waals surface area contributed by atoms with Gasteiger partial charge >= 0.3 is 6.03 Å². The first-order chi connectivity index (χ1) is 13.7. The summed E-state index contributed by atoms with van der Waals surface area (Å²) in [5.41, 5.74) is 9.59. The summed E-state index contributed by atoms with van der Waals surface area (Å²) < 4.78 is 5.42. The number of nitrogens with zero attached hydrogens (tertiary/aromatic N) is 2. The zero-order valence-corrected chi connectivity index (χ0v) is 15.8. The third-order valence-corrected chi connectivity index (χ3v) is 5.58. The van der Waals surface area contributed by atoms with Crippen LogP contribution in [-0.4, -0.2) is 65.8 Å². The van der Waals surface area contributed by atoms with Crippen LogP contribution >= 0.6 is 0 Å². The Morgan fingerprint density at radius 3 is 2.93 bits per heavy atom. The van der Waals surface area contributed by atoms with Crippen molar-refractivity contribution in [3.05, 3.63) is 29.6 Å². The van der Waals surface area contributed by atoms with Gasteiger partial charge in [-0.3, -0.25) is 10.3 Å². The Bertz CT molecular complexity index is 844. The molecule has 2 aromatic rings. The molecule has 150 valence electrons. The second-order valence-corrected chi connectivity index (χ2v) is 7.86. The van der Waals surface area contributed by atoms with E-state index >= 15 is 0 Å². The summed E-state index contributed by atoms with van der Waals surface area (Å²) in [6.45, 7) is 5.13. The van der Waals surface area contributed by atoms with E-state index in [1.54, 1.807) is 0 Å². The molecule has 28 heavy (non-hydrogen) atoms. The molecule has 9 heteroatoms. The minimum Gasteiger partial charge on any atom is -0.379 e. The van der Waals surface area contributed by atoms with Crippen LogP contribution in [0.1, 0.15) is 30.3 Å². The van der Waals surface area contributed by atoms with Gasteiger partial charge in [0, 0.05) is 32.2 Å². The van der Waals surface area contributed by atoms with Crippen molar-refractivity contribution >= 4 is 17.1 Å². The quantitative estimate of drug-likeness (QED) is 0.509. The maximum Gasteiger partial charge on any atom is 0.315 e. The van der Waals surface area contributed by atoms with E-state index in [2.05, 4.69) is 49.6 Å². The summed E-state index contributed by atoms with van der Waals surface area (Å²) in [5, 5.41) is 6.03. The van der Waals surface area contributed by atoms with Crippen molar-refractivity contribution < 1.29 is 9.53 Å². The summed E-state index contributed by atoms with van der Waals surface area (Å²) in [6.07, 6.45) is 2.16. The third-order valence-electron chi connectivity index (χ3n) is 5.58. The highest BCUT2D eigenvalue weighted by Crippen LogP contribution is 2.23. The highest BCUT2D eigenvalue weighted by molar-refractivity contribution is 5.76. The topological polar surface area (TPSA) is 106 Å². The van der Waals surface area contributed by atoms with Gasteiger partial charge in [-0.15, -0.1) is 0 Å². The lowest BCUT2D eigenvalue weighted by atomic mass is 10.1. The minimum atomic E-state index is -0.105. The van der Waals surface area contributed by atoms with Crippen molar-refractivity contribution in [3.63, 3.8) is 0 Å². The number of imidazole rings is 1. The van der Waals surface area contributed by atoms with E-state index in [4.69, 9.17) is 9.72 Å². The number of aromatic amines is 1. The lowest BCUT2D eigenvalue weighted by Gasteiger charge is -2.26. The number of carbonyl (C=O) groups is 1. The molecule has 1 aromatic heterocycles. The molecular weight excluding hydrogens is 358 g/mol. The van der Waals surface area contributed by atoms with Crippen molar-refractivity contribution in [3.8, 4) is 0 Å². The van der Waals surface area contributed by atoms with Gasteiger partial charge in [-0.05, 0) is 30.5 Å². The van der Waals surface area contributed by atoms with Gasteiger partial charge in [0.25, 0.3) is 0 Å². The number of carbonyl (C=O) groups excluding carboxylic acids is 1. The van der Waals surface area contributed by atoms with Crippen LogP contribution in [-0.2, 0) is 11.3 Å². The summed E-state index contributed by atoms with van der Waals surface area (Å²) in [4.78, 5) is 22.7. The molecule has 2 saturated heterocycles. The molecule has 1 aliphatic carbocycles. The number of morpholine rings is 1. The van der Waals surface area contributed by atoms with E-state index in [0.29, 0.717) is 12.6 Å². The van der Waals surface area contributed by atoms with Gasteiger partial charge in [0.1, 0.15) is 11.9 Å². The average Bonchev–Trinajstić information content (AvgIpc) is 3.22. The van der Waals surface area contributed by atoms with Gasteiger partial charge < -0.3 is 20.4 Å². The number of aromatic nitrogens is 2. The molecule has 1 saturated carbocycles. The van der Waals surface area contributed by atoms with E-state index in [1.807, 2.05) is 0 Å². The number of nitrogens with one attached hydrogen (secondary N) is 5. The van der Waals surface area contributed by atoms with E-state index in [-0.39, 0.29) is 18.1 Å². The van der Waals surface area contributed by atoms with Crippen molar-refractivity contribution in [2.45, 2.75) is 37.5 Å². The number of ether oxygens (including phenoxy) is 1. The third kappa shape index (κ3) is 3.97. The predicted molar refractivity (Wildman–Crippen MR) is 105 cm³/mol. The van der Waals surface area contributed by atoms with Crippen LogP contribution in [0.5, 0.6) is 0 Å². The average molecular weight is 385 g/mol. The largest absolute Gasteiger partial charge is 0.379 e. The number of benzene rings is 1. The summed E-state index contributed by atoms with van der Waals surface area (Å²) in [7, 11) is 0. The molecule has 2 atom stereocenters. The highest BCUT2D eigenvalue weighted by atomic mass is 16.5. The van der Waals surface area contributed by atoms with Gasteiger partial charge in [-0.1, -0.05) is 6.07 Å². The molecule has 0 spiro atoms. The Hall–Kier alpha value is -2.20. The molecule has 2 aliphatic heterocycles. The fourth-order valence-corrected chi connectivity index (χ4v) is 3.85. The van der Waals surface area contributed by atoms with Gasteiger partial charge in [-0.2, -0.15) is 0 Å². The van der Waals surface area contributed by atoms with Crippen LogP contribution in [0.25, 0.3) is 11.0 Å². The van der Waals surface area contributed by atoms with Gasteiger partial charge in [0.15, 0.2) is 0 Å². The zero-order chi connectivity index (χ0) is 18.9. The number of fused-ring (bicyclic) bond motifs is 1. The number of hydrogen-bond donors (Lipinski definition) is 5. The molecule has 2 unspecified atom stereocenters. The summed E-state index contributed by atoms with van der Waals surface area (Å²) >= 11 is 0. The van der Waals surface area contributed by atoms with Crippen LogP contribution in [0.4, 0.5) is 4.79 Å².